The highest BCUT2D eigenvalue weighted by Crippen LogP contribution is 2.18. The molecule has 6 heteroatoms. The van der Waals surface area contributed by atoms with E-state index >= 15 is 0 Å². The number of nitrogen functional groups attached to an aromatic ring is 2. The third-order valence-corrected chi connectivity index (χ3v) is 1.32. The van der Waals surface area contributed by atoms with Crippen molar-refractivity contribution in [2.75, 3.05) is 11.5 Å². The third-order valence-electron chi connectivity index (χ3n) is 0.925. The van der Waals surface area contributed by atoms with Crippen LogP contribution in [0, 0.1) is 0 Å². The molecule has 10 heavy (non-hydrogen) atoms. The van der Waals surface area contributed by atoms with Crippen LogP contribution in [0.2, 0.25) is 5.02 Å². The average Bonchev–Trinajstić information content (AvgIpc) is 1.82. The molecule has 1 heterocycles. The maximum atomic E-state index is 10.5. The molecule has 5 N–H and O–H groups in total. The number of anilines is 2. The summed E-state index contributed by atoms with van der Waals surface area (Å²) in [5.41, 5.74) is 9.79. The van der Waals surface area contributed by atoms with Crippen molar-refractivity contribution in [1.29, 1.82) is 0 Å². The zero-order valence-electron chi connectivity index (χ0n) is 4.89. The van der Waals surface area contributed by atoms with E-state index in [1.165, 1.54) is 0 Å². The molecule has 1 aromatic rings. The van der Waals surface area contributed by atoms with Crippen LogP contribution in [0.4, 0.5) is 11.6 Å². The number of halogens is 1. The molecule has 1 rings (SSSR count). The summed E-state index contributed by atoms with van der Waals surface area (Å²) in [7, 11) is 0. The maximum absolute atomic E-state index is 10.5. The molecule has 0 fully saturated rings. The SMILES string of the molecule is Nc1nc(=O)[nH]c(N)c1Cl. The summed E-state index contributed by atoms with van der Waals surface area (Å²) in [5, 5.41) is 0.0830. The standard InChI is InChI=1S/C4H5ClN4O/c5-1-2(6)8-4(10)9-3(1)7/h(H5,6,7,8,9,10). The monoisotopic (exact) mass is 160 g/mol. The quantitative estimate of drug-likeness (QED) is 0.481. The Labute approximate surface area is 61.0 Å². The molecule has 0 saturated heterocycles. The second-order valence-corrected chi connectivity index (χ2v) is 2.03. The molecule has 0 spiro atoms. The molecule has 0 saturated carbocycles. The fraction of sp³-hybridized carbons (Fsp3) is 0. The van der Waals surface area contributed by atoms with Crippen molar-refractivity contribution in [1.82, 2.24) is 9.97 Å². The first kappa shape index (κ1) is 6.88. The number of hydrogen-bond donors (Lipinski definition) is 3. The molecule has 0 aliphatic carbocycles. The number of aromatic nitrogens is 2. The highest BCUT2D eigenvalue weighted by molar-refractivity contribution is 6.34. The van der Waals surface area contributed by atoms with Crippen LogP contribution in [0.15, 0.2) is 4.79 Å². The van der Waals surface area contributed by atoms with Crippen LogP contribution in [0.1, 0.15) is 0 Å². The summed E-state index contributed by atoms with van der Waals surface area (Å²) in [5.74, 6) is -0.0120. The van der Waals surface area contributed by atoms with Crippen LogP contribution in [-0.2, 0) is 0 Å². The van der Waals surface area contributed by atoms with Crippen LogP contribution >= 0.6 is 11.6 Å². The number of nitrogens with one attached hydrogen (secondary N) is 1. The molecule has 5 nitrogen and oxygen atoms in total. The molecule has 0 amide bonds. The smallest absolute Gasteiger partial charge is 0.348 e. The van der Waals surface area contributed by atoms with Crippen LogP contribution in [0.25, 0.3) is 0 Å². The number of hydrogen-bond acceptors (Lipinski definition) is 4. The molecule has 0 bridgehead atoms. The van der Waals surface area contributed by atoms with Gasteiger partial charge in [-0.3, -0.25) is 4.98 Å². The minimum atomic E-state index is -0.598. The van der Waals surface area contributed by atoms with E-state index in [0.717, 1.165) is 0 Å². The van der Waals surface area contributed by atoms with Gasteiger partial charge in [0.25, 0.3) is 0 Å². The number of aromatic amines is 1. The molecule has 0 atom stereocenters. The van der Waals surface area contributed by atoms with Crippen molar-refractivity contribution >= 4 is 23.2 Å². The normalized spacial score (nSPS) is 9.70. The van der Waals surface area contributed by atoms with E-state index in [2.05, 4.69) is 9.97 Å². The second-order valence-electron chi connectivity index (χ2n) is 1.65. The summed E-state index contributed by atoms with van der Waals surface area (Å²) in [4.78, 5) is 15.9. The van der Waals surface area contributed by atoms with Crippen molar-refractivity contribution < 1.29 is 0 Å². The Hall–Kier alpha value is -1.23. The fourth-order valence-electron chi connectivity index (χ4n) is 0.494. The van der Waals surface area contributed by atoms with Gasteiger partial charge in [-0.25, -0.2) is 4.79 Å². The Morgan fingerprint density at radius 3 is 2.60 bits per heavy atom. The van der Waals surface area contributed by atoms with Gasteiger partial charge >= 0.3 is 5.69 Å². The first-order valence-corrected chi connectivity index (χ1v) is 2.80. The Morgan fingerprint density at radius 2 is 2.10 bits per heavy atom. The van der Waals surface area contributed by atoms with Gasteiger partial charge in [0.15, 0.2) is 5.82 Å². The van der Waals surface area contributed by atoms with Crippen molar-refractivity contribution in [3.63, 3.8) is 0 Å². The van der Waals surface area contributed by atoms with Crippen LogP contribution in [-0.4, -0.2) is 9.97 Å². The lowest BCUT2D eigenvalue weighted by Crippen LogP contribution is -2.15. The lowest BCUT2D eigenvalue weighted by molar-refractivity contribution is 1.09. The highest BCUT2D eigenvalue weighted by atomic mass is 35.5. The van der Waals surface area contributed by atoms with E-state index in [4.69, 9.17) is 23.1 Å². The average molecular weight is 161 g/mol. The Balaban J connectivity index is 3.46. The number of rotatable bonds is 0. The zero-order chi connectivity index (χ0) is 7.72. The Morgan fingerprint density at radius 1 is 1.50 bits per heavy atom. The predicted octanol–water partition coefficient (Wildman–Crippen LogP) is -0.412. The summed E-state index contributed by atoms with van der Waals surface area (Å²) < 4.78 is 0. The molecule has 0 aliphatic rings. The van der Waals surface area contributed by atoms with Gasteiger partial charge in [-0.1, -0.05) is 11.6 Å². The van der Waals surface area contributed by atoms with Crippen molar-refractivity contribution in [2.24, 2.45) is 0 Å². The van der Waals surface area contributed by atoms with Gasteiger partial charge in [0, 0.05) is 0 Å². The van der Waals surface area contributed by atoms with Crippen LogP contribution < -0.4 is 17.2 Å². The van der Waals surface area contributed by atoms with Gasteiger partial charge in [0.05, 0.1) is 0 Å². The predicted molar refractivity (Wildman–Crippen MR) is 38.7 cm³/mol. The van der Waals surface area contributed by atoms with Gasteiger partial charge in [0.1, 0.15) is 10.8 Å². The van der Waals surface area contributed by atoms with Crippen molar-refractivity contribution in [2.45, 2.75) is 0 Å². The third kappa shape index (κ3) is 1.03. The van der Waals surface area contributed by atoms with E-state index in [1.807, 2.05) is 0 Å². The Kier molecular flexibility index (Phi) is 1.50. The molecule has 1 aromatic heterocycles. The van der Waals surface area contributed by atoms with E-state index in [0.29, 0.717) is 0 Å². The molecule has 54 valence electrons. The maximum Gasteiger partial charge on any atom is 0.348 e. The number of nitrogens with zero attached hydrogens (tertiary/aromatic N) is 1. The lowest BCUT2D eigenvalue weighted by Gasteiger charge is -1.97. The first-order chi connectivity index (χ1) is 4.61. The lowest BCUT2D eigenvalue weighted by atomic mass is 10.5. The van der Waals surface area contributed by atoms with Crippen molar-refractivity contribution in [3.8, 4) is 0 Å². The van der Waals surface area contributed by atoms with E-state index < -0.39 is 5.69 Å². The molecular formula is C4H5ClN4O. The fourth-order valence-corrected chi connectivity index (χ4v) is 0.584. The van der Waals surface area contributed by atoms with E-state index in [-0.39, 0.29) is 16.7 Å². The minimum absolute atomic E-state index is 0.0409. The molecule has 0 unspecified atom stereocenters. The van der Waals surface area contributed by atoms with Gasteiger partial charge in [-0.2, -0.15) is 4.98 Å². The second kappa shape index (κ2) is 2.18. The van der Waals surface area contributed by atoms with Crippen LogP contribution in [0.3, 0.4) is 0 Å². The molecule has 0 aromatic carbocycles. The van der Waals surface area contributed by atoms with Crippen molar-refractivity contribution in [3.05, 3.63) is 15.5 Å². The topological polar surface area (TPSA) is 97.8 Å². The zero-order valence-corrected chi connectivity index (χ0v) is 5.64. The number of nitrogens with two attached hydrogens (primary N) is 2. The molecular weight excluding hydrogens is 156 g/mol. The van der Waals surface area contributed by atoms with Gasteiger partial charge < -0.3 is 11.5 Å². The molecule has 0 radical (unpaired) electrons. The largest absolute Gasteiger partial charge is 0.384 e. The first-order valence-electron chi connectivity index (χ1n) is 2.42. The number of H-pyrrole nitrogens is 1. The Bertz CT molecular complexity index is 280. The summed E-state index contributed by atoms with van der Waals surface area (Å²) >= 11 is 5.47. The van der Waals surface area contributed by atoms with E-state index in [1.54, 1.807) is 0 Å². The minimum Gasteiger partial charge on any atom is -0.384 e. The summed E-state index contributed by atoms with van der Waals surface area (Å²) in [6.07, 6.45) is 0. The molecule has 0 aliphatic heterocycles. The van der Waals surface area contributed by atoms with Crippen LogP contribution in [0.5, 0.6) is 0 Å². The van der Waals surface area contributed by atoms with Gasteiger partial charge in [-0.15, -0.1) is 0 Å². The highest BCUT2D eigenvalue weighted by Gasteiger charge is 2.02. The summed E-state index contributed by atoms with van der Waals surface area (Å²) in [6.45, 7) is 0. The van der Waals surface area contributed by atoms with E-state index in [9.17, 15) is 4.79 Å². The van der Waals surface area contributed by atoms with Gasteiger partial charge in [0.2, 0.25) is 0 Å². The summed E-state index contributed by atoms with van der Waals surface area (Å²) in [6, 6.07) is 0. The van der Waals surface area contributed by atoms with Gasteiger partial charge in [-0.05, 0) is 0 Å².